The van der Waals surface area contributed by atoms with Gasteiger partial charge in [-0.1, -0.05) is 0 Å². The molecule has 0 unspecified atom stereocenters. The largest absolute Gasteiger partial charge is 0.491 e. The van der Waals surface area contributed by atoms with Crippen molar-refractivity contribution in [1.82, 2.24) is 4.98 Å². The van der Waals surface area contributed by atoms with E-state index in [0.29, 0.717) is 5.56 Å². The molecule has 1 aromatic carbocycles. The molecule has 4 heteroatoms. The molecule has 0 spiro atoms. The van der Waals surface area contributed by atoms with Crippen molar-refractivity contribution in [2.75, 3.05) is 0 Å². The number of nitrogens with one attached hydrogen (secondary N) is 1. The van der Waals surface area contributed by atoms with Gasteiger partial charge in [-0.15, -0.1) is 11.3 Å². The molecule has 0 saturated heterocycles. The number of hydrogen-bond acceptors (Lipinski definition) is 3. The maximum absolute atomic E-state index is 12.6. The molecular formula is C17H17NO2S. The molecule has 0 atom stereocenters. The number of benzene rings is 1. The maximum atomic E-state index is 12.6. The Hall–Kier alpha value is -2.07. The number of carbonyl (C=O) groups is 1. The molecule has 3 rings (SSSR count). The van der Waals surface area contributed by atoms with Gasteiger partial charge >= 0.3 is 0 Å². The Morgan fingerprint density at radius 3 is 2.71 bits per heavy atom. The molecule has 0 bridgehead atoms. The van der Waals surface area contributed by atoms with Crippen LogP contribution in [0.5, 0.6) is 5.75 Å². The average Bonchev–Trinajstić information content (AvgIpc) is 3.03. The number of thiophene rings is 1. The second kappa shape index (κ2) is 5.37. The van der Waals surface area contributed by atoms with Gasteiger partial charge in [0.1, 0.15) is 5.75 Å². The molecule has 0 aliphatic rings. The lowest BCUT2D eigenvalue weighted by molar-refractivity contribution is 0.104. The lowest BCUT2D eigenvalue weighted by atomic mass is 10.1. The van der Waals surface area contributed by atoms with Gasteiger partial charge in [-0.25, -0.2) is 0 Å². The highest BCUT2D eigenvalue weighted by molar-refractivity contribution is 7.14. The van der Waals surface area contributed by atoms with E-state index in [1.165, 1.54) is 11.3 Å². The zero-order chi connectivity index (χ0) is 15.0. The van der Waals surface area contributed by atoms with E-state index >= 15 is 0 Å². The first-order chi connectivity index (χ1) is 10.0. The number of fused-ring (bicyclic) bond motifs is 1. The smallest absolute Gasteiger partial charge is 0.205 e. The molecule has 0 radical (unpaired) electrons. The van der Waals surface area contributed by atoms with Crippen LogP contribution in [0.25, 0.3) is 10.9 Å². The fourth-order valence-corrected chi connectivity index (χ4v) is 3.14. The minimum Gasteiger partial charge on any atom is -0.491 e. The fraction of sp³-hybridized carbons (Fsp3) is 0.235. The summed E-state index contributed by atoms with van der Waals surface area (Å²) in [7, 11) is 0. The topological polar surface area (TPSA) is 42.1 Å². The van der Waals surface area contributed by atoms with Crippen LogP contribution < -0.4 is 4.74 Å². The van der Waals surface area contributed by atoms with E-state index in [1.54, 1.807) is 6.20 Å². The highest BCUT2D eigenvalue weighted by Crippen LogP contribution is 2.28. The summed E-state index contributed by atoms with van der Waals surface area (Å²) in [6.45, 7) is 5.98. The first kappa shape index (κ1) is 13.9. The Kier molecular flexibility index (Phi) is 3.55. The van der Waals surface area contributed by atoms with Gasteiger partial charge in [-0.2, -0.15) is 0 Å². The monoisotopic (exact) mass is 299 g/mol. The third kappa shape index (κ3) is 2.72. The highest BCUT2D eigenvalue weighted by atomic mass is 32.1. The molecule has 3 aromatic rings. The number of ether oxygens (including phenoxy) is 1. The van der Waals surface area contributed by atoms with Gasteiger partial charge < -0.3 is 9.72 Å². The number of hydrogen-bond donors (Lipinski definition) is 1. The normalized spacial score (nSPS) is 11.2. The minimum atomic E-state index is 0.0565. The van der Waals surface area contributed by atoms with Crippen LogP contribution in [0.4, 0.5) is 0 Å². The summed E-state index contributed by atoms with van der Waals surface area (Å²) in [6.07, 6.45) is 1.89. The number of ketones is 1. The maximum Gasteiger partial charge on any atom is 0.205 e. The molecule has 0 aliphatic carbocycles. The second-order valence-corrected chi connectivity index (χ2v) is 6.60. The summed E-state index contributed by atoms with van der Waals surface area (Å²) in [5.41, 5.74) is 1.64. The van der Waals surface area contributed by atoms with Crippen LogP contribution in [0.1, 0.15) is 34.0 Å². The van der Waals surface area contributed by atoms with Crippen LogP contribution in [-0.2, 0) is 0 Å². The van der Waals surface area contributed by atoms with E-state index < -0.39 is 0 Å². The molecule has 0 saturated carbocycles. The van der Waals surface area contributed by atoms with Crippen LogP contribution in [-0.4, -0.2) is 16.9 Å². The van der Waals surface area contributed by atoms with E-state index in [4.69, 9.17) is 4.74 Å². The first-order valence-electron chi connectivity index (χ1n) is 6.93. The first-order valence-corrected chi connectivity index (χ1v) is 7.75. The van der Waals surface area contributed by atoms with Crippen LogP contribution in [0.15, 0.2) is 36.5 Å². The number of aromatic amines is 1. The minimum absolute atomic E-state index is 0.0565. The molecule has 2 heterocycles. The van der Waals surface area contributed by atoms with Gasteiger partial charge in [-0.3, -0.25) is 4.79 Å². The zero-order valence-corrected chi connectivity index (χ0v) is 13.1. The highest BCUT2D eigenvalue weighted by Gasteiger charge is 2.16. The summed E-state index contributed by atoms with van der Waals surface area (Å²) in [6, 6.07) is 9.65. The molecule has 0 aliphatic heterocycles. The van der Waals surface area contributed by atoms with E-state index in [9.17, 15) is 4.79 Å². The van der Waals surface area contributed by atoms with E-state index in [1.807, 2.05) is 51.1 Å². The molecule has 21 heavy (non-hydrogen) atoms. The van der Waals surface area contributed by atoms with Crippen molar-refractivity contribution in [1.29, 1.82) is 0 Å². The molecule has 3 nitrogen and oxygen atoms in total. The Labute approximate surface area is 127 Å². The van der Waals surface area contributed by atoms with Gasteiger partial charge in [0.2, 0.25) is 5.78 Å². The SMILES string of the molecule is Cc1ccc(C(=O)c2c[nH]c3ccc(OC(C)C)cc23)s1. The Morgan fingerprint density at radius 2 is 2.05 bits per heavy atom. The molecule has 2 aromatic heterocycles. The van der Waals surface area contributed by atoms with Crippen molar-refractivity contribution < 1.29 is 9.53 Å². The lowest BCUT2D eigenvalue weighted by Crippen LogP contribution is -2.05. The number of H-pyrrole nitrogens is 1. The van der Waals surface area contributed by atoms with Gasteiger partial charge in [-0.05, 0) is 51.1 Å². The molecule has 108 valence electrons. The predicted octanol–water partition coefficient (Wildman–Crippen LogP) is 4.56. The average molecular weight is 299 g/mol. The van der Waals surface area contributed by atoms with Crippen LogP contribution in [0.2, 0.25) is 0 Å². The van der Waals surface area contributed by atoms with Crippen molar-refractivity contribution in [3.05, 3.63) is 51.8 Å². The fourth-order valence-electron chi connectivity index (χ4n) is 2.32. The number of rotatable bonds is 4. The van der Waals surface area contributed by atoms with E-state index in [-0.39, 0.29) is 11.9 Å². The third-order valence-electron chi connectivity index (χ3n) is 3.23. The summed E-state index contributed by atoms with van der Waals surface area (Å²) >= 11 is 1.52. The third-order valence-corrected chi connectivity index (χ3v) is 4.23. The second-order valence-electron chi connectivity index (χ2n) is 5.32. The Bertz CT molecular complexity index is 798. The van der Waals surface area contributed by atoms with E-state index in [0.717, 1.165) is 26.4 Å². The molecule has 0 fully saturated rings. The van der Waals surface area contributed by atoms with E-state index in [2.05, 4.69) is 4.98 Å². The van der Waals surface area contributed by atoms with Crippen molar-refractivity contribution >= 4 is 28.0 Å². The van der Waals surface area contributed by atoms with Gasteiger partial charge in [0, 0.05) is 27.5 Å². The number of aromatic nitrogens is 1. The summed E-state index contributed by atoms with van der Waals surface area (Å²) in [4.78, 5) is 17.7. The van der Waals surface area contributed by atoms with Crippen molar-refractivity contribution in [2.24, 2.45) is 0 Å². The van der Waals surface area contributed by atoms with Crippen molar-refractivity contribution in [3.8, 4) is 5.75 Å². The van der Waals surface area contributed by atoms with Crippen LogP contribution in [0.3, 0.4) is 0 Å². The summed E-state index contributed by atoms with van der Waals surface area (Å²) in [5, 5.41) is 0.907. The van der Waals surface area contributed by atoms with Crippen LogP contribution in [0, 0.1) is 6.92 Å². The van der Waals surface area contributed by atoms with Gasteiger partial charge in [0.05, 0.1) is 11.0 Å². The molecule has 0 amide bonds. The van der Waals surface area contributed by atoms with Crippen molar-refractivity contribution in [3.63, 3.8) is 0 Å². The summed E-state index contributed by atoms with van der Waals surface area (Å²) in [5.74, 6) is 0.842. The quantitative estimate of drug-likeness (QED) is 0.718. The Balaban J connectivity index is 2.04. The molecule has 1 N–H and O–H groups in total. The zero-order valence-electron chi connectivity index (χ0n) is 12.3. The lowest BCUT2D eigenvalue weighted by Gasteiger charge is -2.09. The Morgan fingerprint density at radius 1 is 1.24 bits per heavy atom. The standard InChI is InChI=1S/C17H17NO2S/c1-10(2)20-12-5-6-15-13(8-12)14(9-18-15)17(19)16-7-4-11(3)21-16/h4-10,18H,1-3H3. The molecular weight excluding hydrogens is 282 g/mol. The van der Waals surface area contributed by atoms with Gasteiger partial charge in [0.25, 0.3) is 0 Å². The summed E-state index contributed by atoms with van der Waals surface area (Å²) < 4.78 is 5.71. The predicted molar refractivity (Wildman–Crippen MR) is 86.6 cm³/mol. The van der Waals surface area contributed by atoms with Gasteiger partial charge in [0.15, 0.2) is 0 Å². The van der Waals surface area contributed by atoms with Crippen molar-refractivity contribution in [2.45, 2.75) is 26.9 Å². The van der Waals surface area contributed by atoms with Crippen LogP contribution >= 0.6 is 11.3 Å². The number of aryl methyl sites for hydroxylation is 1. The number of carbonyl (C=O) groups excluding carboxylic acids is 1.